The molecular weight excluding hydrogens is 435 g/mol. The van der Waals surface area contributed by atoms with Crippen LogP contribution in [0.4, 0.5) is 30.7 Å². The smallest absolute Gasteiger partial charge is 0.422 e. The molecule has 0 spiro atoms. The van der Waals surface area contributed by atoms with Crippen molar-refractivity contribution < 1.29 is 35.2 Å². The van der Waals surface area contributed by atoms with Gasteiger partial charge in [0.2, 0.25) is 6.39 Å². The summed E-state index contributed by atoms with van der Waals surface area (Å²) in [6.45, 7) is 3.08. The first-order valence-electron chi connectivity index (χ1n) is 8.76. The first kappa shape index (κ1) is 21.0. The predicted molar refractivity (Wildman–Crippen MR) is 92.8 cm³/mol. The summed E-state index contributed by atoms with van der Waals surface area (Å²) in [5.41, 5.74) is -1.56. The summed E-state index contributed by atoms with van der Waals surface area (Å²) in [6, 6.07) is 2.74. The van der Waals surface area contributed by atoms with Crippen molar-refractivity contribution in [3.63, 3.8) is 0 Å². The molecule has 4 rings (SSSR count). The second kappa shape index (κ2) is 6.62. The van der Waals surface area contributed by atoms with Gasteiger partial charge in [-0.1, -0.05) is 13.8 Å². The van der Waals surface area contributed by atoms with Gasteiger partial charge in [-0.15, -0.1) is 10.2 Å². The number of imidazole rings is 1. The molecule has 4 aromatic rings. The molecular formula is C18H12F7N5O. The lowest BCUT2D eigenvalue weighted by molar-refractivity contribution is -0.359. The summed E-state index contributed by atoms with van der Waals surface area (Å²) < 4.78 is 102. The first-order valence-corrected chi connectivity index (χ1v) is 8.76. The van der Waals surface area contributed by atoms with Gasteiger partial charge < -0.3 is 4.42 Å². The number of pyridine rings is 2. The van der Waals surface area contributed by atoms with Crippen molar-refractivity contribution in [2.45, 2.75) is 37.8 Å². The zero-order valence-electron chi connectivity index (χ0n) is 15.8. The third kappa shape index (κ3) is 3.10. The normalized spacial score (nSPS) is 13.6. The van der Waals surface area contributed by atoms with Gasteiger partial charge in [0.05, 0.1) is 0 Å². The van der Waals surface area contributed by atoms with Crippen LogP contribution in [0.3, 0.4) is 0 Å². The van der Waals surface area contributed by atoms with Gasteiger partial charge in [0, 0.05) is 22.8 Å². The summed E-state index contributed by atoms with van der Waals surface area (Å²) in [7, 11) is 0. The van der Waals surface area contributed by atoms with Crippen LogP contribution in [-0.4, -0.2) is 36.7 Å². The second-order valence-corrected chi connectivity index (χ2v) is 7.06. The van der Waals surface area contributed by atoms with E-state index >= 15 is 0 Å². The molecule has 0 unspecified atom stereocenters. The van der Waals surface area contributed by atoms with Crippen LogP contribution in [-0.2, 0) is 5.92 Å². The molecule has 4 heterocycles. The van der Waals surface area contributed by atoms with E-state index in [1.165, 1.54) is 30.5 Å². The van der Waals surface area contributed by atoms with E-state index in [1.807, 2.05) is 0 Å². The molecule has 0 amide bonds. The lowest BCUT2D eigenvalue weighted by Crippen LogP contribution is -2.50. The Labute approximate surface area is 168 Å². The Bertz CT molecular complexity index is 1260. The van der Waals surface area contributed by atoms with Crippen molar-refractivity contribution in [2.75, 3.05) is 0 Å². The average Bonchev–Trinajstić information content (AvgIpc) is 3.35. The quantitative estimate of drug-likeness (QED) is 0.395. The lowest BCUT2D eigenvalue weighted by Gasteiger charge is -2.29. The fraction of sp³-hybridized carbons (Fsp3) is 0.333. The SMILES string of the molecule is CC(C)c1cc(C(F)(F)C(F)(F)C(F)(F)F)c2ccc3nc(-c4nnco4)cn3c2n1. The minimum absolute atomic E-state index is 0.00831. The van der Waals surface area contributed by atoms with E-state index in [2.05, 4.69) is 20.2 Å². The number of hydrogen-bond donors (Lipinski definition) is 0. The zero-order chi connectivity index (χ0) is 22.8. The van der Waals surface area contributed by atoms with E-state index in [-0.39, 0.29) is 28.6 Å². The molecule has 0 saturated heterocycles. The van der Waals surface area contributed by atoms with Crippen LogP contribution in [0.2, 0.25) is 0 Å². The molecule has 4 aromatic heterocycles. The van der Waals surface area contributed by atoms with Crippen LogP contribution < -0.4 is 0 Å². The van der Waals surface area contributed by atoms with Crippen molar-refractivity contribution in [3.8, 4) is 11.6 Å². The number of aromatic nitrogens is 5. The molecule has 0 aromatic carbocycles. The molecule has 13 heteroatoms. The maximum absolute atomic E-state index is 14.7. The number of alkyl halides is 7. The van der Waals surface area contributed by atoms with Gasteiger partial charge in [-0.2, -0.15) is 30.7 Å². The van der Waals surface area contributed by atoms with Crippen LogP contribution in [0.15, 0.2) is 35.2 Å². The van der Waals surface area contributed by atoms with Gasteiger partial charge in [0.25, 0.3) is 5.89 Å². The van der Waals surface area contributed by atoms with Crippen molar-refractivity contribution in [1.29, 1.82) is 0 Å². The molecule has 31 heavy (non-hydrogen) atoms. The average molecular weight is 447 g/mol. The van der Waals surface area contributed by atoms with Crippen molar-refractivity contribution in [1.82, 2.24) is 24.6 Å². The molecule has 0 aliphatic heterocycles. The largest absolute Gasteiger partial charge is 0.460 e. The van der Waals surface area contributed by atoms with Crippen LogP contribution in [0.5, 0.6) is 0 Å². The summed E-state index contributed by atoms with van der Waals surface area (Å²) in [6.07, 6.45) is -4.15. The molecule has 0 N–H and O–H groups in total. The summed E-state index contributed by atoms with van der Waals surface area (Å²) in [5.74, 6) is -12.4. The highest BCUT2D eigenvalue weighted by Crippen LogP contribution is 2.53. The highest BCUT2D eigenvalue weighted by molar-refractivity contribution is 5.84. The number of nitrogens with zero attached hydrogens (tertiary/aromatic N) is 5. The standard InChI is InChI=1S/C18H12F7N5O/c1-8(2)11-5-10(16(19,20)17(21,22)18(23,24)25)9-3-4-13-27-12(15-29-26-7-31-15)6-30(13)14(9)28-11/h3-8H,1-2H3. The predicted octanol–water partition coefficient (Wildman–Crippen LogP) is 5.35. The van der Waals surface area contributed by atoms with E-state index in [0.717, 1.165) is 12.5 Å². The second-order valence-electron chi connectivity index (χ2n) is 7.06. The Morgan fingerprint density at radius 3 is 2.29 bits per heavy atom. The van der Waals surface area contributed by atoms with Gasteiger partial charge >= 0.3 is 18.0 Å². The zero-order valence-corrected chi connectivity index (χ0v) is 15.8. The Balaban J connectivity index is 2.05. The van der Waals surface area contributed by atoms with Crippen LogP contribution in [0.25, 0.3) is 28.3 Å². The lowest BCUT2D eigenvalue weighted by atomic mass is 9.96. The fourth-order valence-electron chi connectivity index (χ4n) is 3.04. The Morgan fingerprint density at radius 1 is 1.00 bits per heavy atom. The van der Waals surface area contributed by atoms with Crippen LogP contribution >= 0.6 is 0 Å². The maximum Gasteiger partial charge on any atom is 0.460 e. The van der Waals surface area contributed by atoms with Gasteiger partial charge in [-0.05, 0) is 24.1 Å². The molecule has 0 bridgehead atoms. The number of hydrogen-bond acceptors (Lipinski definition) is 5. The van der Waals surface area contributed by atoms with E-state index in [1.54, 1.807) is 0 Å². The number of halogens is 7. The van der Waals surface area contributed by atoms with Crippen molar-refractivity contribution in [2.24, 2.45) is 0 Å². The van der Waals surface area contributed by atoms with E-state index in [4.69, 9.17) is 4.42 Å². The summed E-state index contributed by atoms with van der Waals surface area (Å²) in [5, 5.41) is 6.58. The maximum atomic E-state index is 14.7. The molecule has 0 aliphatic rings. The molecule has 0 saturated carbocycles. The van der Waals surface area contributed by atoms with Gasteiger partial charge in [-0.25, -0.2) is 9.97 Å². The third-order valence-corrected chi connectivity index (χ3v) is 4.68. The van der Waals surface area contributed by atoms with E-state index in [0.29, 0.717) is 6.07 Å². The van der Waals surface area contributed by atoms with E-state index in [9.17, 15) is 30.7 Å². The number of fused-ring (bicyclic) bond motifs is 3. The fourth-order valence-corrected chi connectivity index (χ4v) is 3.04. The Hall–Kier alpha value is -3.25. The van der Waals surface area contributed by atoms with E-state index < -0.39 is 34.9 Å². The highest BCUT2D eigenvalue weighted by atomic mass is 19.4. The molecule has 0 atom stereocenters. The topological polar surface area (TPSA) is 69.1 Å². The number of rotatable bonds is 4. The third-order valence-electron chi connectivity index (χ3n) is 4.68. The summed E-state index contributed by atoms with van der Waals surface area (Å²) in [4.78, 5) is 8.38. The monoisotopic (exact) mass is 447 g/mol. The van der Waals surface area contributed by atoms with Gasteiger partial charge in [-0.3, -0.25) is 4.40 Å². The summed E-state index contributed by atoms with van der Waals surface area (Å²) >= 11 is 0. The van der Waals surface area contributed by atoms with Crippen molar-refractivity contribution in [3.05, 3.63) is 42.0 Å². The van der Waals surface area contributed by atoms with Gasteiger partial charge in [0.15, 0.2) is 0 Å². The Kier molecular flexibility index (Phi) is 4.49. The Morgan fingerprint density at radius 2 is 1.71 bits per heavy atom. The molecule has 0 aliphatic carbocycles. The molecule has 0 fully saturated rings. The van der Waals surface area contributed by atoms with Gasteiger partial charge in [0.1, 0.15) is 17.0 Å². The van der Waals surface area contributed by atoms with Crippen LogP contribution in [0, 0.1) is 0 Å². The minimum atomic E-state index is -6.46. The molecule has 164 valence electrons. The van der Waals surface area contributed by atoms with Crippen molar-refractivity contribution >= 4 is 16.7 Å². The highest BCUT2D eigenvalue weighted by Gasteiger charge is 2.73. The van der Waals surface area contributed by atoms with Crippen LogP contribution in [0.1, 0.15) is 31.0 Å². The first-order chi connectivity index (χ1) is 14.3. The molecule has 6 nitrogen and oxygen atoms in total. The minimum Gasteiger partial charge on any atom is -0.422 e. The molecule has 0 radical (unpaired) electrons.